The maximum atomic E-state index is 12.0. The highest BCUT2D eigenvalue weighted by atomic mass is 127. The molecule has 0 aromatic heterocycles. The minimum atomic E-state index is 0. The minimum absolute atomic E-state index is 0. The van der Waals surface area contributed by atoms with Crippen LogP contribution in [0.3, 0.4) is 0 Å². The van der Waals surface area contributed by atoms with Gasteiger partial charge in [0.25, 0.3) is 0 Å². The lowest BCUT2D eigenvalue weighted by atomic mass is 9.90. The Morgan fingerprint density at radius 1 is 1.07 bits per heavy atom. The molecule has 0 spiro atoms. The highest BCUT2D eigenvalue weighted by Gasteiger charge is 2.37. The van der Waals surface area contributed by atoms with E-state index in [1.807, 2.05) is 18.2 Å². The molecule has 1 heterocycles. The van der Waals surface area contributed by atoms with E-state index in [1.54, 1.807) is 7.05 Å². The maximum absolute atomic E-state index is 12.0. The number of hydrogen-bond donors (Lipinski definition) is 3. The van der Waals surface area contributed by atoms with Gasteiger partial charge in [0.2, 0.25) is 5.91 Å². The molecule has 6 heteroatoms. The van der Waals surface area contributed by atoms with Crippen molar-refractivity contribution in [2.24, 2.45) is 10.9 Å². The first-order chi connectivity index (χ1) is 13.2. The lowest BCUT2D eigenvalue weighted by Gasteiger charge is -2.26. The Morgan fingerprint density at radius 2 is 1.79 bits per heavy atom. The number of anilines is 1. The van der Waals surface area contributed by atoms with E-state index in [4.69, 9.17) is 0 Å². The predicted octanol–water partition coefficient (Wildman–Crippen LogP) is 3.70. The highest BCUT2D eigenvalue weighted by Crippen LogP contribution is 2.46. The van der Waals surface area contributed by atoms with Gasteiger partial charge in [0.05, 0.1) is 0 Å². The number of fused-ring (bicyclic) bond motifs is 1. The summed E-state index contributed by atoms with van der Waals surface area (Å²) in [4.78, 5) is 16.3. The number of hydrogen-bond acceptors (Lipinski definition) is 2. The largest absolute Gasteiger partial charge is 0.356 e. The third-order valence-corrected chi connectivity index (χ3v) is 5.53. The van der Waals surface area contributed by atoms with Crippen molar-refractivity contribution in [1.82, 2.24) is 10.6 Å². The average molecular weight is 490 g/mol. The molecule has 2 aromatic carbocycles. The number of halogens is 1. The average Bonchev–Trinajstić information content (AvgIpc) is 3.48. The van der Waals surface area contributed by atoms with Gasteiger partial charge in [-0.05, 0) is 35.4 Å². The summed E-state index contributed by atoms with van der Waals surface area (Å²) in [6, 6.07) is 18.7. The lowest BCUT2D eigenvalue weighted by Crippen LogP contribution is -2.41. The van der Waals surface area contributed by atoms with Crippen molar-refractivity contribution < 1.29 is 4.79 Å². The number of guanidine groups is 1. The van der Waals surface area contributed by atoms with E-state index < -0.39 is 0 Å². The predicted molar refractivity (Wildman–Crippen MR) is 124 cm³/mol. The quantitative estimate of drug-likeness (QED) is 0.340. The number of para-hydroxylation sites is 1. The van der Waals surface area contributed by atoms with Crippen molar-refractivity contribution in [3.05, 3.63) is 65.7 Å². The topological polar surface area (TPSA) is 65.5 Å². The molecule has 5 nitrogen and oxygen atoms in total. The van der Waals surface area contributed by atoms with Gasteiger partial charge in [0.15, 0.2) is 5.96 Å². The normalized spacial score (nSPS) is 23.1. The summed E-state index contributed by atoms with van der Waals surface area (Å²) in [5.74, 6) is 2.36. The second-order valence-electron chi connectivity index (χ2n) is 7.38. The molecule has 0 radical (unpaired) electrons. The van der Waals surface area contributed by atoms with Gasteiger partial charge < -0.3 is 16.0 Å². The van der Waals surface area contributed by atoms with E-state index >= 15 is 0 Å². The molecule has 3 atom stereocenters. The number of amides is 1. The van der Waals surface area contributed by atoms with E-state index in [0.29, 0.717) is 24.8 Å². The van der Waals surface area contributed by atoms with E-state index in [1.165, 1.54) is 17.5 Å². The standard InChI is InChI=1S/C22H26N4O.HI/c1-23-22(24-13-16-11-19(16)15-7-3-2-4-8-15)25-14-17-12-21(27)26-20-10-6-5-9-18(17)20;/h2-10,16-17,19H,11-14H2,1H3,(H,26,27)(H2,23,24,25);1H. The van der Waals surface area contributed by atoms with Crippen LogP contribution in [-0.4, -0.2) is 32.0 Å². The van der Waals surface area contributed by atoms with E-state index in [2.05, 4.69) is 57.3 Å². The fourth-order valence-electron chi connectivity index (χ4n) is 3.93. The van der Waals surface area contributed by atoms with Crippen LogP contribution in [0.5, 0.6) is 0 Å². The molecule has 28 heavy (non-hydrogen) atoms. The third-order valence-electron chi connectivity index (χ3n) is 5.53. The van der Waals surface area contributed by atoms with Gasteiger partial charge in [-0.15, -0.1) is 24.0 Å². The molecule has 4 rings (SSSR count). The van der Waals surface area contributed by atoms with Gasteiger partial charge in [-0.25, -0.2) is 0 Å². The molecule has 2 aliphatic rings. The maximum Gasteiger partial charge on any atom is 0.225 e. The summed E-state index contributed by atoms with van der Waals surface area (Å²) < 4.78 is 0. The van der Waals surface area contributed by atoms with Gasteiger partial charge in [-0.2, -0.15) is 0 Å². The van der Waals surface area contributed by atoms with Crippen LogP contribution >= 0.6 is 24.0 Å². The zero-order valence-electron chi connectivity index (χ0n) is 16.0. The molecule has 1 amide bonds. The summed E-state index contributed by atoms with van der Waals surface area (Å²) in [7, 11) is 1.79. The Labute approximate surface area is 183 Å². The van der Waals surface area contributed by atoms with Crippen molar-refractivity contribution >= 4 is 41.5 Å². The number of carbonyl (C=O) groups is 1. The molecule has 1 aliphatic heterocycles. The smallest absolute Gasteiger partial charge is 0.225 e. The Morgan fingerprint density at radius 3 is 2.57 bits per heavy atom. The molecular weight excluding hydrogens is 463 g/mol. The van der Waals surface area contributed by atoms with E-state index in [-0.39, 0.29) is 35.8 Å². The summed E-state index contributed by atoms with van der Waals surface area (Å²) in [5.41, 5.74) is 3.54. The molecule has 2 aromatic rings. The summed E-state index contributed by atoms with van der Waals surface area (Å²) in [6.07, 6.45) is 1.73. The van der Waals surface area contributed by atoms with Crippen LogP contribution in [0.15, 0.2) is 59.6 Å². The molecular formula is C22H27IN4O. The molecule has 3 N–H and O–H groups in total. The van der Waals surface area contributed by atoms with Crippen molar-refractivity contribution in [1.29, 1.82) is 0 Å². The fraction of sp³-hybridized carbons (Fsp3) is 0.364. The van der Waals surface area contributed by atoms with Crippen LogP contribution in [0.1, 0.15) is 35.8 Å². The Kier molecular flexibility index (Phi) is 6.93. The number of rotatable bonds is 5. The SMILES string of the molecule is CN=C(NCC1CC(=O)Nc2ccccc21)NCC1CC1c1ccccc1.I. The van der Waals surface area contributed by atoms with Gasteiger partial charge in [0.1, 0.15) is 0 Å². The third kappa shape index (κ3) is 4.84. The van der Waals surface area contributed by atoms with Gasteiger partial charge >= 0.3 is 0 Å². The van der Waals surface area contributed by atoms with E-state index in [9.17, 15) is 4.79 Å². The van der Waals surface area contributed by atoms with Crippen LogP contribution in [0.4, 0.5) is 5.69 Å². The Balaban J connectivity index is 0.00000225. The number of aliphatic imine (C=N–C) groups is 1. The van der Waals surface area contributed by atoms with E-state index in [0.717, 1.165) is 18.2 Å². The number of nitrogens with one attached hydrogen (secondary N) is 3. The molecule has 0 bridgehead atoms. The molecule has 148 valence electrons. The first-order valence-electron chi connectivity index (χ1n) is 9.63. The molecule has 3 unspecified atom stereocenters. The van der Waals surface area contributed by atoms with Gasteiger partial charge in [-0.1, -0.05) is 48.5 Å². The van der Waals surface area contributed by atoms with Crippen molar-refractivity contribution in [2.75, 3.05) is 25.5 Å². The van der Waals surface area contributed by atoms with Crippen molar-refractivity contribution in [2.45, 2.75) is 24.7 Å². The Bertz CT molecular complexity index is 839. The molecule has 1 aliphatic carbocycles. The van der Waals surface area contributed by atoms with Gasteiger partial charge in [-0.3, -0.25) is 9.79 Å². The van der Waals surface area contributed by atoms with Crippen LogP contribution in [-0.2, 0) is 4.79 Å². The van der Waals surface area contributed by atoms with Crippen molar-refractivity contribution in [3.63, 3.8) is 0 Å². The second-order valence-corrected chi connectivity index (χ2v) is 7.38. The van der Waals surface area contributed by atoms with Gasteiger partial charge in [0, 0.05) is 38.2 Å². The first-order valence-corrected chi connectivity index (χ1v) is 9.63. The Hall–Kier alpha value is -2.09. The summed E-state index contributed by atoms with van der Waals surface area (Å²) in [5, 5.41) is 9.79. The number of nitrogens with zero attached hydrogens (tertiary/aromatic N) is 1. The summed E-state index contributed by atoms with van der Waals surface area (Å²) >= 11 is 0. The molecule has 1 fully saturated rings. The fourth-order valence-corrected chi connectivity index (χ4v) is 3.93. The molecule has 1 saturated carbocycles. The number of benzene rings is 2. The monoisotopic (exact) mass is 490 g/mol. The van der Waals surface area contributed by atoms with Crippen LogP contribution < -0.4 is 16.0 Å². The highest BCUT2D eigenvalue weighted by molar-refractivity contribution is 14.0. The van der Waals surface area contributed by atoms with Crippen molar-refractivity contribution in [3.8, 4) is 0 Å². The lowest BCUT2D eigenvalue weighted by molar-refractivity contribution is -0.116. The zero-order chi connectivity index (χ0) is 18.6. The van der Waals surface area contributed by atoms with Crippen LogP contribution in [0.25, 0.3) is 0 Å². The summed E-state index contributed by atoms with van der Waals surface area (Å²) in [6.45, 7) is 1.61. The first kappa shape index (κ1) is 20.6. The second kappa shape index (κ2) is 9.41. The number of carbonyl (C=O) groups excluding carboxylic acids is 1. The van der Waals surface area contributed by atoms with Crippen LogP contribution in [0, 0.1) is 5.92 Å². The molecule has 0 saturated heterocycles. The minimum Gasteiger partial charge on any atom is -0.356 e. The zero-order valence-corrected chi connectivity index (χ0v) is 18.4. The van der Waals surface area contributed by atoms with Crippen LogP contribution in [0.2, 0.25) is 0 Å².